The van der Waals surface area contributed by atoms with E-state index in [0.29, 0.717) is 0 Å². The van der Waals surface area contributed by atoms with Gasteiger partial charge in [0.2, 0.25) is 0 Å². The third kappa shape index (κ3) is 4.44. The molecule has 0 aliphatic rings. The van der Waals surface area contributed by atoms with E-state index in [-0.39, 0.29) is 22.8 Å². The second kappa shape index (κ2) is 10.0. The Balaban J connectivity index is 0.00000256. The molecule has 4 rings (SSSR count). The first-order valence-electron chi connectivity index (χ1n) is 9.61. The van der Waals surface area contributed by atoms with Crippen molar-refractivity contribution < 1.29 is 21.4 Å². The predicted molar refractivity (Wildman–Crippen MR) is 128 cm³/mol. The molecule has 0 saturated heterocycles. The van der Waals surface area contributed by atoms with Gasteiger partial charge in [-0.15, -0.1) is 0 Å². The minimum absolute atomic E-state index is 0. The molecule has 0 spiro atoms. The highest BCUT2D eigenvalue weighted by molar-refractivity contribution is 9.10. The van der Waals surface area contributed by atoms with E-state index in [1.807, 2.05) is 6.92 Å². The summed E-state index contributed by atoms with van der Waals surface area (Å²) in [4.78, 5) is 0. The molecule has 0 bridgehead atoms. The van der Waals surface area contributed by atoms with Gasteiger partial charge in [-0.1, -0.05) is 70.5 Å². The molecule has 4 heteroatoms. The van der Waals surface area contributed by atoms with Crippen LogP contribution in [0.25, 0.3) is 0 Å². The van der Waals surface area contributed by atoms with E-state index < -0.39 is 7.26 Å². The van der Waals surface area contributed by atoms with Crippen LogP contribution in [0, 0.1) is 12.7 Å². The summed E-state index contributed by atoms with van der Waals surface area (Å²) in [5.74, 6) is -0.187. The third-order valence-corrected chi connectivity index (χ3v) is 10.8. The molecule has 0 N–H and O–H groups in total. The lowest BCUT2D eigenvalue weighted by molar-refractivity contribution is -0.00000627. The first kappa shape index (κ1) is 22.9. The number of rotatable bonds is 5. The van der Waals surface area contributed by atoms with Crippen molar-refractivity contribution in [2.75, 3.05) is 0 Å². The molecule has 0 heterocycles. The minimum Gasteiger partial charge on any atom is -1.00 e. The molecule has 0 aromatic heterocycles. The standard InChI is InChI=1S/C26H22BrFP.BrH/c1-20-17-22(28)18-21(26(20)27)19-29(23-11-5-2-6-12-23,24-13-7-3-8-14-24)25-15-9-4-10-16-25;/h2-18H,19H2,1H3;1H/q+1;/p-1. The van der Waals surface area contributed by atoms with Crippen LogP contribution in [0.3, 0.4) is 0 Å². The molecule has 0 saturated carbocycles. The Hall–Kier alpha value is -1.80. The molecule has 0 atom stereocenters. The van der Waals surface area contributed by atoms with Crippen molar-refractivity contribution >= 4 is 39.1 Å². The Labute approximate surface area is 197 Å². The fraction of sp³-hybridized carbons (Fsp3) is 0.0769. The second-order valence-corrected chi connectivity index (χ2v) is 11.4. The highest BCUT2D eigenvalue weighted by Gasteiger charge is 2.45. The van der Waals surface area contributed by atoms with Crippen LogP contribution in [0.5, 0.6) is 0 Å². The third-order valence-electron chi connectivity index (χ3n) is 5.29. The topological polar surface area (TPSA) is 0 Å². The summed E-state index contributed by atoms with van der Waals surface area (Å²) in [6, 6.07) is 35.3. The van der Waals surface area contributed by atoms with Gasteiger partial charge in [-0.05, 0) is 61.0 Å². The number of benzene rings is 4. The van der Waals surface area contributed by atoms with E-state index in [9.17, 15) is 4.39 Å². The zero-order chi connectivity index (χ0) is 20.3. The lowest BCUT2D eigenvalue weighted by atomic mass is 10.1. The zero-order valence-electron chi connectivity index (χ0n) is 16.6. The molecule has 4 aromatic rings. The van der Waals surface area contributed by atoms with E-state index in [1.54, 1.807) is 12.1 Å². The van der Waals surface area contributed by atoms with Crippen molar-refractivity contribution in [3.63, 3.8) is 0 Å². The van der Waals surface area contributed by atoms with E-state index in [2.05, 4.69) is 107 Å². The Bertz CT molecular complexity index is 1000. The SMILES string of the molecule is Cc1cc(F)cc(C[P+](c2ccccc2)(c2ccccc2)c2ccccc2)c1Br.[Br-]. The highest BCUT2D eigenvalue weighted by atomic mass is 79.9. The average Bonchev–Trinajstić information content (AvgIpc) is 2.77. The molecule has 0 nitrogen and oxygen atoms in total. The van der Waals surface area contributed by atoms with E-state index in [4.69, 9.17) is 0 Å². The van der Waals surface area contributed by atoms with Gasteiger partial charge < -0.3 is 17.0 Å². The zero-order valence-corrected chi connectivity index (χ0v) is 20.7. The summed E-state index contributed by atoms with van der Waals surface area (Å²) >= 11 is 3.74. The molecule has 0 amide bonds. The van der Waals surface area contributed by atoms with E-state index in [1.165, 1.54) is 15.9 Å². The van der Waals surface area contributed by atoms with Crippen molar-refractivity contribution in [2.24, 2.45) is 0 Å². The maximum absolute atomic E-state index is 14.4. The Kier molecular flexibility index (Phi) is 7.63. The Morgan fingerprint density at radius 3 is 1.50 bits per heavy atom. The lowest BCUT2D eigenvalue weighted by Crippen LogP contribution is -3.00. The van der Waals surface area contributed by atoms with Crippen molar-refractivity contribution in [1.82, 2.24) is 0 Å². The van der Waals surface area contributed by atoms with Crippen LogP contribution in [0.2, 0.25) is 0 Å². The smallest absolute Gasteiger partial charge is 0.123 e. The van der Waals surface area contributed by atoms with Gasteiger partial charge in [0.1, 0.15) is 29.0 Å². The number of hydrogen-bond donors (Lipinski definition) is 0. The maximum Gasteiger partial charge on any atom is 0.123 e. The second-order valence-electron chi connectivity index (χ2n) is 7.17. The van der Waals surface area contributed by atoms with Gasteiger partial charge in [-0.3, -0.25) is 0 Å². The molecular weight excluding hydrogens is 522 g/mol. The first-order chi connectivity index (χ1) is 14.1. The highest BCUT2D eigenvalue weighted by Crippen LogP contribution is 2.58. The van der Waals surface area contributed by atoms with Gasteiger partial charge in [0.05, 0.1) is 6.16 Å². The van der Waals surface area contributed by atoms with Crippen molar-refractivity contribution in [2.45, 2.75) is 13.1 Å². The van der Waals surface area contributed by atoms with Gasteiger partial charge in [0, 0.05) is 10.0 Å². The van der Waals surface area contributed by atoms with Crippen LogP contribution in [-0.4, -0.2) is 0 Å². The molecule has 0 unspecified atom stereocenters. The van der Waals surface area contributed by atoms with E-state index in [0.717, 1.165) is 21.8 Å². The minimum atomic E-state index is -2.04. The number of halogens is 3. The molecular formula is C26H22Br2FP. The van der Waals surface area contributed by atoms with Gasteiger partial charge >= 0.3 is 0 Å². The first-order valence-corrected chi connectivity index (χ1v) is 12.4. The van der Waals surface area contributed by atoms with Crippen molar-refractivity contribution in [1.29, 1.82) is 0 Å². The van der Waals surface area contributed by atoms with E-state index >= 15 is 0 Å². The van der Waals surface area contributed by atoms with Gasteiger partial charge in [0.25, 0.3) is 0 Å². The fourth-order valence-corrected chi connectivity index (χ4v) is 8.77. The molecule has 0 aliphatic carbocycles. The average molecular weight is 544 g/mol. The molecule has 0 fully saturated rings. The molecule has 0 aliphatic heterocycles. The lowest BCUT2D eigenvalue weighted by Gasteiger charge is -2.28. The summed E-state index contributed by atoms with van der Waals surface area (Å²) in [6.07, 6.45) is 0.754. The van der Waals surface area contributed by atoms with Gasteiger partial charge in [-0.2, -0.15) is 0 Å². The largest absolute Gasteiger partial charge is 1.00 e. The Morgan fingerprint density at radius 1 is 0.700 bits per heavy atom. The quantitative estimate of drug-likeness (QED) is 0.339. The fourth-order valence-electron chi connectivity index (χ4n) is 3.93. The van der Waals surface area contributed by atoms with Crippen molar-refractivity contribution in [3.05, 3.63) is 125 Å². The molecule has 30 heavy (non-hydrogen) atoms. The number of aryl methyl sites for hydroxylation is 1. The van der Waals surface area contributed by atoms with Crippen molar-refractivity contribution in [3.8, 4) is 0 Å². The molecule has 152 valence electrons. The summed E-state index contributed by atoms with van der Waals surface area (Å²) in [7, 11) is -2.04. The summed E-state index contributed by atoms with van der Waals surface area (Å²) in [6.45, 7) is 1.95. The predicted octanol–water partition coefficient (Wildman–Crippen LogP) is 3.39. The van der Waals surface area contributed by atoms with Crippen LogP contribution in [0.1, 0.15) is 11.1 Å². The van der Waals surface area contributed by atoms with Gasteiger partial charge in [-0.25, -0.2) is 4.39 Å². The molecule has 4 aromatic carbocycles. The van der Waals surface area contributed by atoms with Crippen LogP contribution in [0.4, 0.5) is 4.39 Å². The Morgan fingerprint density at radius 2 is 1.10 bits per heavy atom. The monoisotopic (exact) mass is 542 g/mol. The summed E-state index contributed by atoms with van der Waals surface area (Å²) in [5.41, 5.74) is 1.93. The van der Waals surface area contributed by atoms with Crippen LogP contribution in [-0.2, 0) is 6.16 Å². The van der Waals surface area contributed by atoms with Gasteiger partial charge in [0.15, 0.2) is 0 Å². The van der Waals surface area contributed by atoms with Crippen LogP contribution in [0.15, 0.2) is 108 Å². The molecule has 0 radical (unpaired) electrons. The summed E-state index contributed by atoms with van der Waals surface area (Å²) < 4.78 is 15.4. The summed E-state index contributed by atoms with van der Waals surface area (Å²) in [5, 5.41) is 3.89. The van der Waals surface area contributed by atoms with Crippen LogP contribution < -0.4 is 32.9 Å². The normalized spacial score (nSPS) is 11.0. The van der Waals surface area contributed by atoms with Crippen LogP contribution >= 0.6 is 23.2 Å². The number of hydrogen-bond acceptors (Lipinski definition) is 0. The maximum atomic E-state index is 14.4.